The van der Waals surface area contributed by atoms with E-state index in [1.807, 2.05) is 0 Å². The van der Waals surface area contributed by atoms with Crippen molar-refractivity contribution in [2.24, 2.45) is 11.3 Å². The number of hydrogen-bond acceptors (Lipinski definition) is 3. The maximum absolute atomic E-state index is 11.9. The lowest BCUT2D eigenvalue weighted by molar-refractivity contribution is -0.157. The minimum Gasteiger partial charge on any atom is -0.481 e. The first kappa shape index (κ1) is 14.3. The predicted octanol–water partition coefficient (Wildman–Crippen LogP) is 1.56. The zero-order valence-electron chi connectivity index (χ0n) is 11.5. The van der Waals surface area contributed by atoms with Crippen LogP contribution < -0.4 is 5.32 Å². The smallest absolute Gasteiger partial charge is 0.310 e. The van der Waals surface area contributed by atoms with Gasteiger partial charge in [-0.05, 0) is 25.7 Å². The molecule has 5 nitrogen and oxygen atoms in total. The molecule has 0 spiro atoms. The number of rotatable bonds is 6. The molecule has 0 heterocycles. The second-order valence-corrected chi connectivity index (χ2v) is 5.89. The highest BCUT2D eigenvalue weighted by atomic mass is 16.5. The van der Waals surface area contributed by atoms with E-state index in [0.29, 0.717) is 25.3 Å². The van der Waals surface area contributed by atoms with Crippen LogP contribution in [0.5, 0.6) is 0 Å². The van der Waals surface area contributed by atoms with E-state index in [9.17, 15) is 14.7 Å². The van der Waals surface area contributed by atoms with Gasteiger partial charge in [0, 0.05) is 26.0 Å². The van der Waals surface area contributed by atoms with Crippen molar-refractivity contribution in [2.45, 2.75) is 51.0 Å². The van der Waals surface area contributed by atoms with E-state index in [0.717, 1.165) is 25.7 Å². The summed E-state index contributed by atoms with van der Waals surface area (Å²) >= 11 is 0. The Morgan fingerprint density at radius 1 is 1.32 bits per heavy atom. The number of carboxylic acids is 1. The summed E-state index contributed by atoms with van der Waals surface area (Å²) < 4.78 is 5.38. The second-order valence-electron chi connectivity index (χ2n) is 5.89. The molecule has 2 atom stereocenters. The first-order valence-electron chi connectivity index (χ1n) is 7.10. The number of nitrogens with one attached hydrogen (secondary N) is 1. The molecule has 2 aliphatic carbocycles. The summed E-state index contributed by atoms with van der Waals surface area (Å²) in [5.74, 6) is -0.593. The monoisotopic (exact) mass is 269 g/mol. The van der Waals surface area contributed by atoms with Crippen LogP contribution in [0.25, 0.3) is 0 Å². The van der Waals surface area contributed by atoms with Gasteiger partial charge < -0.3 is 15.2 Å². The number of carboxylic acid groups (broad SMARTS) is 1. The maximum Gasteiger partial charge on any atom is 0.310 e. The van der Waals surface area contributed by atoms with Crippen LogP contribution >= 0.6 is 0 Å². The molecule has 2 N–H and O–H groups in total. The normalized spacial score (nSPS) is 28.7. The molecular formula is C14H23NO4. The van der Waals surface area contributed by atoms with Crippen LogP contribution in [0.4, 0.5) is 0 Å². The minimum absolute atomic E-state index is 0.118. The van der Waals surface area contributed by atoms with Gasteiger partial charge in [-0.3, -0.25) is 9.59 Å². The number of carbonyl (C=O) groups is 2. The van der Waals surface area contributed by atoms with Crippen molar-refractivity contribution in [3.05, 3.63) is 0 Å². The van der Waals surface area contributed by atoms with Crippen LogP contribution in [0.3, 0.4) is 0 Å². The van der Waals surface area contributed by atoms with Gasteiger partial charge in [-0.15, -0.1) is 0 Å². The Hall–Kier alpha value is -1.10. The molecule has 0 aromatic heterocycles. The predicted molar refractivity (Wildman–Crippen MR) is 69.7 cm³/mol. The molecule has 1 amide bonds. The van der Waals surface area contributed by atoms with Crippen LogP contribution in [0.1, 0.15) is 44.9 Å². The Morgan fingerprint density at radius 2 is 2.05 bits per heavy atom. The van der Waals surface area contributed by atoms with Gasteiger partial charge in [0.1, 0.15) is 0 Å². The van der Waals surface area contributed by atoms with Crippen molar-refractivity contribution < 1.29 is 19.4 Å². The molecule has 5 heteroatoms. The van der Waals surface area contributed by atoms with Crippen molar-refractivity contribution in [1.82, 2.24) is 5.32 Å². The summed E-state index contributed by atoms with van der Waals surface area (Å²) in [6, 6.07) is 0. The SMILES string of the molecule is COC1CCCC1CNC(=O)CC1(C(=O)O)CCC1. The van der Waals surface area contributed by atoms with E-state index < -0.39 is 11.4 Å². The third kappa shape index (κ3) is 3.08. The molecule has 0 radical (unpaired) electrons. The molecule has 2 rings (SSSR count). The highest BCUT2D eigenvalue weighted by Gasteiger charge is 2.45. The van der Waals surface area contributed by atoms with Gasteiger partial charge in [0.25, 0.3) is 0 Å². The molecule has 0 aromatic carbocycles. The topological polar surface area (TPSA) is 75.6 Å². The molecular weight excluding hydrogens is 246 g/mol. The molecule has 2 fully saturated rings. The largest absolute Gasteiger partial charge is 0.481 e. The minimum atomic E-state index is -0.829. The molecule has 2 aliphatic rings. The molecule has 0 aliphatic heterocycles. The summed E-state index contributed by atoms with van der Waals surface area (Å²) in [6.45, 7) is 0.604. The standard InChI is InChI=1S/C14H23NO4/c1-19-11-5-2-4-10(11)9-15-12(16)8-14(13(17)18)6-3-7-14/h10-11H,2-9H2,1H3,(H,15,16)(H,17,18). The second kappa shape index (κ2) is 5.90. The highest BCUT2D eigenvalue weighted by molar-refractivity contribution is 5.85. The average Bonchev–Trinajstić information content (AvgIpc) is 2.78. The Balaban J connectivity index is 1.77. The maximum atomic E-state index is 11.9. The van der Waals surface area contributed by atoms with Crippen molar-refractivity contribution in [1.29, 1.82) is 0 Å². The first-order valence-corrected chi connectivity index (χ1v) is 7.10. The lowest BCUT2D eigenvalue weighted by atomic mass is 9.66. The van der Waals surface area contributed by atoms with Crippen molar-refractivity contribution in [3.63, 3.8) is 0 Å². The van der Waals surface area contributed by atoms with Gasteiger partial charge in [-0.1, -0.05) is 12.8 Å². The van der Waals surface area contributed by atoms with Gasteiger partial charge in [-0.25, -0.2) is 0 Å². The van der Waals surface area contributed by atoms with Crippen LogP contribution in [-0.2, 0) is 14.3 Å². The van der Waals surface area contributed by atoms with Crippen molar-refractivity contribution in [2.75, 3.05) is 13.7 Å². The van der Waals surface area contributed by atoms with Gasteiger partial charge >= 0.3 is 5.97 Å². The van der Waals surface area contributed by atoms with Crippen LogP contribution in [-0.4, -0.2) is 36.7 Å². The van der Waals surface area contributed by atoms with E-state index >= 15 is 0 Å². The molecule has 2 unspecified atom stereocenters. The zero-order valence-corrected chi connectivity index (χ0v) is 11.5. The van der Waals surface area contributed by atoms with E-state index in [2.05, 4.69) is 5.32 Å². The number of hydrogen-bond donors (Lipinski definition) is 2. The Labute approximate surface area is 113 Å². The summed E-state index contributed by atoms with van der Waals surface area (Å²) in [4.78, 5) is 23.1. The van der Waals surface area contributed by atoms with Crippen LogP contribution in [0, 0.1) is 11.3 Å². The highest BCUT2D eigenvalue weighted by Crippen LogP contribution is 2.44. The summed E-state index contributed by atoms with van der Waals surface area (Å²) in [5, 5.41) is 12.1. The lowest BCUT2D eigenvalue weighted by Crippen LogP contribution is -2.43. The van der Waals surface area contributed by atoms with Gasteiger partial charge in [-0.2, -0.15) is 0 Å². The van der Waals surface area contributed by atoms with Crippen LogP contribution in [0.2, 0.25) is 0 Å². The van der Waals surface area contributed by atoms with E-state index in [-0.39, 0.29) is 18.4 Å². The van der Waals surface area contributed by atoms with Crippen molar-refractivity contribution >= 4 is 11.9 Å². The fourth-order valence-corrected chi connectivity index (χ4v) is 3.23. The fourth-order valence-electron chi connectivity index (χ4n) is 3.23. The summed E-state index contributed by atoms with van der Waals surface area (Å²) in [6.07, 6.45) is 5.77. The molecule has 0 aromatic rings. The number of ether oxygens (including phenoxy) is 1. The van der Waals surface area contributed by atoms with E-state index in [1.165, 1.54) is 0 Å². The average molecular weight is 269 g/mol. The molecule has 108 valence electrons. The zero-order chi connectivity index (χ0) is 13.9. The van der Waals surface area contributed by atoms with E-state index in [1.54, 1.807) is 7.11 Å². The molecule has 0 bridgehead atoms. The van der Waals surface area contributed by atoms with E-state index in [4.69, 9.17) is 4.74 Å². The van der Waals surface area contributed by atoms with Gasteiger partial charge in [0.15, 0.2) is 0 Å². The van der Waals surface area contributed by atoms with Gasteiger partial charge in [0.05, 0.1) is 11.5 Å². The van der Waals surface area contributed by atoms with Crippen LogP contribution in [0.15, 0.2) is 0 Å². The quantitative estimate of drug-likeness (QED) is 0.767. The third-order valence-electron chi connectivity index (χ3n) is 4.72. The fraction of sp³-hybridized carbons (Fsp3) is 0.857. The number of aliphatic carboxylic acids is 1. The number of carbonyl (C=O) groups excluding carboxylic acids is 1. The van der Waals surface area contributed by atoms with Gasteiger partial charge in [0.2, 0.25) is 5.91 Å². The Kier molecular flexibility index (Phi) is 4.45. The van der Waals surface area contributed by atoms with Crippen molar-refractivity contribution in [3.8, 4) is 0 Å². The Bertz CT molecular complexity index is 351. The number of amides is 1. The molecule has 19 heavy (non-hydrogen) atoms. The first-order chi connectivity index (χ1) is 9.07. The molecule has 0 saturated heterocycles. The number of methoxy groups -OCH3 is 1. The molecule has 2 saturated carbocycles. The third-order valence-corrected chi connectivity index (χ3v) is 4.72. The Morgan fingerprint density at radius 3 is 2.58 bits per heavy atom. The summed E-state index contributed by atoms with van der Waals surface area (Å²) in [7, 11) is 1.71. The summed E-state index contributed by atoms with van der Waals surface area (Å²) in [5.41, 5.74) is -0.791. The lowest BCUT2D eigenvalue weighted by Gasteiger charge is -2.37.